The van der Waals surface area contributed by atoms with Crippen LogP contribution in [0.4, 0.5) is 5.69 Å². The van der Waals surface area contributed by atoms with Gasteiger partial charge in [-0.05, 0) is 49.4 Å². The molecule has 0 radical (unpaired) electrons. The van der Waals surface area contributed by atoms with Crippen molar-refractivity contribution in [3.8, 4) is 11.5 Å². The number of Topliss-reactive ketones (excluding diaryl/α,β-unsaturated/α-hetero) is 1. The molecule has 2 N–H and O–H groups in total. The lowest BCUT2D eigenvalue weighted by Crippen LogP contribution is -2.24. The van der Waals surface area contributed by atoms with Gasteiger partial charge in [-0.1, -0.05) is 13.8 Å². The van der Waals surface area contributed by atoms with E-state index in [-0.39, 0.29) is 23.1 Å². The smallest absolute Gasteiger partial charge is 0.342 e. The maximum atomic E-state index is 12.5. The van der Waals surface area contributed by atoms with Gasteiger partial charge in [0.1, 0.15) is 17.1 Å². The lowest BCUT2D eigenvalue weighted by atomic mass is 10.1. The lowest BCUT2D eigenvalue weighted by molar-refractivity contribution is -0.118. The van der Waals surface area contributed by atoms with Crippen molar-refractivity contribution in [2.24, 2.45) is 5.92 Å². The second-order valence-electron chi connectivity index (χ2n) is 6.52. The number of carbonyl (C=O) groups excluding carboxylic acids is 3. The van der Waals surface area contributed by atoms with Crippen molar-refractivity contribution in [3.63, 3.8) is 0 Å². The maximum Gasteiger partial charge on any atom is 0.342 e. The number of phenols is 1. The molecule has 2 rings (SSSR count). The molecule has 7 nitrogen and oxygen atoms in total. The SMILES string of the molecule is COc1ccc(O)c(C(=O)OC(C)C(=O)c2ccc(NC(=O)C(C)C)cc2)c1. The molecule has 2 aromatic carbocycles. The highest BCUT2D eigenvalue weighted by atomic mass is 16.5. The van der Waals surface area contributed by atoms with Gasteiger partial charge in [-0.3, -0.25) is 9.59 Å². The second kappa shape index (κ2) is 9.03. The molecule has 0 bridgehead atoms. The fraction of sp³-hybridized carbons (Fsp3) is 0.286. The number of amides is 1. The fourth-order valence-electron chi connectivity index (χ4n) is 2.32. The van der Waals surface area contributed by atoms with Gasteiger partial charge in [-0.25, -0.2) is 4.79 Å². The Hall–Kier alpha value is -3.35. The third-order valence-corrected chi connectivity index (χ3v) is 4.04. The van der Waals surface area contributed by atoms with Gasteiger partial charge in [0.25, 0.3) is 0 Å². The van der Waals surface area contributed by atoms with E-state index in [2.05, 4.69) is 5.32 Å². The van der Waals surface area contributed by atoms with Crippen LogP contribution in [0.3, 0.4) is 0 Å². The summed E-state index contributed by atoms with van der Waals surface area (Å²) < 4.78 is 10.2. The number of phenolic OH excluding ortho intramolecular Hbond substituents is 1. The highest BCUT2D eigenvalue weighted by Crippen LogP contribution is 2.24. The molecule has 28 heavy (non-hydrogen) atoms. The fourth-order valence-corrected chi connectivity index (χ4v) is 2.32. The Balaban J connectivity index is 2.06. The molecular weight excluding hydrogens is 362 g/mol. The molecule has 148 valence electrons. The average Bonchev–Trinajstić information content (AvgIpc) is 2.68. The molecule has 0 heterocycles. The van der Waals surface area contributed by atoms with Gasteiger partial charge in [-0.2, -0.15) is 0 Å². The molecule has 7 heteroatoms. The van der Waals surface area contributed by atoms with Gasteiger partial charge in [-0.15, -0.1) is 0 Å². The van der Waals surface area contributed by atoms with E-state index in [1.54, 1.807) is 38.1 Å². The topological polar surface area (TPSA) is 102 Å². The Morgan fingerprint density at radius 2 is 1.64 bits per heavy atom. The molecule has 2 aromatic rings. The first kappa shape index (κ1) is 21.0. The van der Waals surface area contributed by atoms with Crippen LogP contribution in [0.5, 0.6) is 11.5 Å². The van der Waals surface area contributed by atoms with Crippen LogP contribution >= 0.6 is 0 Å². The average molecular weight is 385 g/mol. The van der Waals surface area contributed by atoms with Crippen molar-refractivity contribution in [2.75, 3.05) is 12.4 Å². The molecule has 0 spiro atoms. The number of nitrogens with one attached hydrogen (secondary N) is 1. The number of ether oxygens (including phenoxy) is 2. The summed E-state index contributed by atoms with van der Waals surface area (Å²) in [6.45, 7) is 5.01. The summed E-state index contributed by atoms with van der Waals surface area (Å²) >= 11 is 0. The predicted molar refractivity (Wildman–Crippen MR) is 104 cm³/mol. The summed E-state index contributed by atoms with van der Waals surface area (Å²) in [6.07, 6.45) is -1.06. The molecule has 0 aliphatic carbocycles. The minimum Gasteiger partial charge on any atom is -0.507 e. The number of benzene rings is 2. The van der Waals surface area contributed by atoms with Crippen LogP contribution in [-0.2, 0) is 9.53 Å². The summed E-state index contributed by atoms with van der Waals surface area (Å²) in [5, 5.41) is 12.6. The highest BCUT2D eigenvalue weighted by molar-refractivity contribution is 6.02. The minimum absolute atomic E-state index is 0.0919. The standard InChI is InChI=1S/C21H23NO6/c1-12(2)20(25)22-15-7-5-14(6-8-15)19(24)13(3)28-21(26)17-11-16(27-4)9-10-18(17)23/h5-13,23H,1-4H3,(H,22,25). The van der Waals surface area contributed by atoms with Gasteiger partial charge in [0, 0.05) is 17.2 Å². The van der Waals surface area contributed by atoms with Crippen molar-refractivity contribution in [3.05, 3.63) is 53.6 Å². The second-order valence-corrected chi connectivity index (χ2v) is 6.52. The van der Waals surface area contributed by atoms with E-state index in [9.17, 15) is 19.5 Å². The molecule has 1 unspecified atom stereocenters. The normalized spacial score (nSPS) is 11.6. The number of esters is 1. The summed E-state index contributed by atoms with van der Waals surface area (Å²) in [5.41, 5.74) is 0.810. The first-order valence-electron chi connectivity index (χ1n) is 8.76. The zero-order chi connectivity index (χ0) is 20.8. The molecule has 0 saturated carbocycles. The van der Waals surface area contributed by atoms with Crippen molar-refractivity contribution in [1.29, 1.82) is 0 Å². The number of ketones is 1. The quantitative estimate of drug-likeness (QED) is 0.559. The zero-order valence-electron chi connectivity index (χ0n) is 16.2. The highest BCUT2D eigenvalue weighted by Gasteiger charge is 2.22. The molecule has 0 fully saturated rings. The van der Waals surface area contributed by atoms with Crippen molar-refractivity contribution < 1.29 is 29.0 Å². The third kappa shape index (κ3) is 5.09. The molecule has 0 aliphatic rings. The van der Waals surface area contributed by atoms with Gasteiger partial charge in [0.05, 0.1) is 7.11 Å². The summed E-state index contributed by atoms with van der Waals surface area (Å²) in [4.78, 5) is 36.5. The first-order chi connectivity index (χ1) is 13.2. The van der Waals surface area contributed by atoms with Crippen LogP contribution < -0.4 is 10.1 Å². The monoisotopic (exact) mass is 385 g/mol. The van der Waals surface area contributed by atoms with Crippen molar-refractivity contribution in [2.45, 2.75) is 26.9 Å². The maximum absolute atomic E-state index is 12.5. The van der Waals surface area contributed by atoms with Crippen LogP contribution in [0.15, 0.2) is 42.5 Å². The molecular formula is C21H23NO6. The zero-order valence-corrected chi connectivity index (χ0v) is 16.2. The van der Waals surface area contributed by atoms with Crippen LogP contribution in [0.25, 0.3) is 0 Å². The molecule has 0 aromatic heterocycles. The number of anilines is 1. The predicted octanol–water partition coefficient (Wildman–Crippen LogP) is 3.42. The number of hydrogen-bond acceptors (Lipinski definition) is 6. The van der Waals surface area contributed by atoms with E-state index in [1.807, 2.05) is 0 Å². The number of aromatic hydroxyl groups is 1. The van der Waals surface area contributed by atoms with Crippen LogP contribution in [0, 0.1) is 5.92 Å². The van der Waals surface area contributed by atoms with Crippen molar-refractivity contribution >= 4 is 23.3 Å². The number of hydrogen-bond donors (Lipinski definition) is 2. The first-order valence-corrected chi connectivity index (χ1v) is 8.76. The Morgan fingerprint density at radius 3 is 2.21 bits per heavy atom. The summed E-state index contributed by atoms with van der Waals surface area (Å²) in [6, 6.07) is 10.5. The number of rotatable bonds is 7. The summed E-state index contributed by atoms with van der Waals surface area (Å²) in [7, 11) is 1.43. The van der Waals surface area contributed by atoms with E-state index >= 15 is 0 Å². The molecule has 1 amide bonds. The van der Waals surface area contributed by atoms with E-state index in [0.717, 1.165) is 0 Å². The van der Waals surface area contributed by atoms with Gasteiger partial charge in [0.15, 0.2) is 6.10 Å². The molecule has 0 aliphatic heterocycles. The van der Waals surface area contributed by atoms with Crippen molar-refractivity contribution in [1.82, 2.24) is 0 Å². The minimum atomic E-state index is -1.06. The molecule has 1 atom stereocenters. The molecule has 0 saturated heterocycles. The van der Waals surface area contributed by atoms with E-state index in [1.165, 1.54) is 32.2 Å². The lowest BCUT2D eigenvalue weighted by Gasteiger charge is -2.14. The van der Waals surface area contributed by atoms with E-state index in [4.69, 9.17) is 9.47 Å². The van der Waals surface area contributed by atoms with Gasteiger partial charge in [0.2, 0.25) is 11.7 Å². The van der Waals surface area contributed by atoms with E-state index < -0.39 is 17.9 Å². The Labute approximate surface area is 163 Å². The van der Waals surface area contributed by atoms with Crippen LogP contribution in [0.2, 0.25) is 0 Å². The Bertz CT molecular complexity index is 873. The number of carbonyl (C=O) groups is 3. The summed E-state index contributed by atoms with van der Waals surface area (Å²) in [5.74, 6) is -1.41. The van der Waals surface area contributed by atoms with Crippen LogP contribution in [-0.4, -0.2) is 36.0 Å². The largest absolute Gasteiger partial charge is 0.507 e. The van der Waals surface area contributed by atoms with E-state index in [0.29, 0.717) is 17.0 Å². The van der Waals surface area contributed by atoms with Crippen LogP contribution in [0.1, 0.15) is 41.5 Å². The third-order valence-electron chi connectivity index (χ3n) is 4.04. The van der Waals surface area contributed by atoms with Gasteiger partial charge >= 0.3 is 5.97 Å². The Kier molecular flexibility index (Phi) is 6.76. The van der Waals surface area contributed by atoms with Gasteiger partial charge < -0.3 is 19.9 Å². The Morgan fingerprint density at radius 1 is 1.00 bits per heavy atom. The number of methoxy groups -OCH3 is 1.